The molecule has 72 valence electrons. The van der Waals surface area contributed by atoms with Crippen LogP contribution in [0.5, 0.6) is 0 Å². The molecule has 1 aromatic heterocycles. The molecule has 0 aliphatic rings. The Bertz CT molecular complexity index is 423. The zero-order valence-corrected chi connectivity index (χ0v) is 8.83. The molecular weight excluding hydrogens is 219 g/mol. The van der Waals surface area contributed by atoms with Gasteiger partial charge in [0.1, 0.15) is 0 Å². The van der Waals surface area contributed by atoms with E-state index in [0.29, 0.717) is 16.6 Å². The number of para-hydroxylation sites is 1. The normalized spacial score (nSPS) is 10.4. The molecule has 2 aromatic rings. The molecule has 2 nitrogen and oxygen atoms in total. The summed E-state index contributed by atoms with van der Waals surface area (Å²) >= 11 is 11.6. The number of alkyl halides is 1. The molecule has 0 N–H and O–H groups in total. The maximum absolute atomic E-state index is 5.93. The van der Waals surface area contributed by atoms with Crippen LogP contribution in [0.25, 0.3) is 5.69 Å². The molecule has 2 rings (SSSR count). The van der Waals surface area contributed by atoms with E-state index in [0.717, 1.165) is 5.69 Å². The molecule has 0 spiro atoms. The van der Waals surface area contributed by atoms with E-state index in [1.807, 2.05) is 30.3 Å². The van der Waals surface area contributed by atoms with Gasteiger partial charge in [0.25, 0.3) is 0 Å². The summed E-state index contributed by atoms with van der Waals surface area (Å²) < 4.78 is 1.72. The number of hydrogen-bond donors (Lipinski definition) is 0. The molecule has 14 heavy (non-hydrogen) atoms. The maximum atomic E-state index is 5.93. The lowest BCUT2D eigenvalue weighted by Crippen LogP contribution is -1.94. The van der Waals surface area contributed by atoms with Gasteiger partial charge in [-0.15, -0.1) is 11.6 Å². The highest BCUT2D eigenvalue weighted by Gasteiger charge is 2.05. The predicted molar refractivity (Wildman–Crippen MR) is 58.1 cm³/mol. The summed E-state index contributed by atoms with van der Waals surface area (Å²) in [6, 6.07) is 9.77. The van der Waals surface area contributed by atoms with Crippen LogP contribution in [0.1, 0.15) is 5.69 Å². The Kier molecular flexibility index (Phi) is 2.75. The SMILES string of the molecule is ClCc1nn(-c2ccccc2)cc1Cl. The van der Waals surface area contributed by atoms with Crippen molar-refractivity contribution in [3.8, 4) is 5.69 Å². The molecule has 0 unspecified atom stereocenters. The Morgan fingerprint density at radius 2 is 1.93 bits per heavy atom. The molecule has 0 saturated carbocycles. The number of hydrogen-bond acceptors (Lipinski definition) is 1. The third-order valence-corrected chi connectivity index (χ3v) is 2.46. The fourth-order valence-electron chi connectivity index (χ4n) is 1.19. The first-order valence-electron chi connectivity index (χ1n) is 4.16. The van der Waals surface area contributed by atoms with Gasteiger partial charge in [0.05, 0.1) is 22.3 Å². The second kappa shape index (κ2) is 4.03. The molecule has 0 aliphatic carbocycles. The third-order valence-electron chi connectivity index (χ3n) is 1.89. The average molecular weight is 227 g/mol. The molecule has 0 atom stereocenters. The minimum atomic E-state index is 0.332. The van der Waals surface area contributed by atoms with Crippen molar-refractivity contribution in [3.63, 3.8) is 0 Å². The molecule has 0 aliphatic heterocycles. The molecule has 0 saturated heterocycles. The van der Waals surface area contributed by atoms with Crippen LogP contribution in [0.2, 0.25) is 5.02 Å². The van der Waals surface area contributed by atoms with Crippen molar-refractivity contribution in [2.24, 2.45) is 0 Å². The molecule has 0 amide bonds. The van der Waals surface area contributed by atoms with Crippen molar-refractivity contribution in [3.05, 3.63) is 47.2 Å². The first-order chi connectivity index (χ1) is 6.81. The number of benzene rings is 1. The van der Waals surface area contributed by atoms with Crippen molar-refractivity contribution >= 4 is 23.2 Å². The zero-order chi connectivity index (χ0) is 9.97. The Morgan fingerprint density at radius 1 is 1.21 bits per heavy atom. The Hall–Kier alpha value is -0.990. The van der Waals surface area contributed by atoms with E-state index in [2.05, 4.69) is 5.10 Å². The van der Waals surface area contributed by atoms with E-state index in [1.54, 1.807) is 10.9 Å². The van der Waals surface area contributed by atoms with Gasteiger partial charge in [-0.1, -0.05) is 29.8 Å². The van der Waals surface area contributed by atoms with Crippen molar-refractivity contribution in [1.29, 1.82) is 0 Å². The van der Waals surface area contributed by atoms with Crippen LogP contribution in [0.15, 0.2) is 36.5 Å². The Balaban J connectivity index is 2.43. The third kappa shape index (κ3) is 1.76. The lowest BCUT2D eigenvalue weighted by Gasteiger charge is -1.98. The largest absolute Gasteiger partial charge is 0.239 e. The number of nitrogens with zero attached hydrogens (tertiary/aromatic N) is 2. The first-order valence-corrected chi connectivity index (χ1v) is 5.08. The number of halogens is 2. The van der Waals surface area contributed by atoms with Gasteiger partial charge in [0.2, 0.25) is 0 Å². The second-order valence-corrected chi connectivity index (χ2v) is 3.51. The molecule has 0 fully saturated rings. The summed E-state index contributed by atoms with van der Waals surface area (Å²) in [7, 11) is 0. The zero-order valence-electron chi connectivity index (χ0n) is 7.32. The number of rotatable bonds is 2. The predicted octanol–water partition coefficient (Wildman–Crippen LogP) is 3.26. The molecule has 0 bridgehead atoms. The standard InChI is InChI=1S/C10H8Cl2N2/c11-6-10-9(12)7-14(13-10)8-4-2-1-3-5-8/h1-5,7H,6H2. The fourth-order valence-corrected chi connectivity index (χ4v) is 1.65. The summed E-state index contributed by atoms with van der Waals surface area (Å²) in [5.41, 5.74) is 1.68. The Labute approximate surface area is 92.1 Å². The van der Waals surface area contributed by atoms with Crippen LogP contribution in [-0.4, -0.2) is 9.78 Å². The molecule has 0 radical (unpaired) electrons. The highest BCUT2D eigenvalue weighted by atomic mass is 35.5. The van der Waals surface area contributed by atoms with Crippen LogP contribution in [0.4, 0.5) is 0 Å². The van der Waals surface area contributed by atoms with Gasteiger partial charge in [-0.25, -0.2) is 4.68 Å². The van der Waals surface area contributed by atoms with E-state index < -0.39 is 0 Å². The summed E-state index contributed by atoms with van der Waals surface area (Å²) in [4.78, 5) is 0. The van der Waals surface area contributed by atoms with Gasteiger partial charge < -0.3 is 0 Å². The van der Waals surface area contributed by atoms with Crippen LogP contribution < -0.4 is 0 Å². The van der Waals surface area contributed by atoms with Crippen molar-refractivity contribution < 1.29 is 0 Å². The maximum Gasteiger partial charge on any atom is 0.0962 e. The van der Waals surface area contributed by atoms with Crippen LogP contribution in [-0.2, 0) is 5.88 Å². The number of aromatic nitrogens is 2. The minimum Gasteiger partial charge on any atom is -0.239 e. The molecular formula is C10H8Cl2N2. The molecule has 1 aromatic carbocycles. The summed E-state index contributed by atoms with van der Waals surface area (Å²) in [5, 5.41) is 4.85. The van der Waals surface area contributed by atoms with Crippen LogP contribution in [0, 0.1) is 0 Å². The lowest BCUT2D eigenvalue weighted by atomic mass is 10.3. The highest BCUT2D eigenvalue weighted by Crippen LogP contribution is 2.18. The van der Waals surface area contributed by atoms with Gasteiger partial charge in [-0.05, 0) is 12.1 Å². The van der Waals surface area contributed by atoms with Crippen LogP contribution in [0.3, 0.4) is 0 Å². The Morgan fingerprint density at radius 3 is 2.50 bits per heavy atom. The topological polar surface area (TPSA) is 17.8 Å². The van der Waals surface area contributed by atoms with Crippen molar-refractivity contribution in [1.82, 2.24) is 9.78 Å². The second-order valence-electron chi connectivity index (χ2n) is 2.84. The monoisotopic (exact) mass is 226 g/mol. The lowest BCUT2D eigenvalue weighted by molar-refractivity contribution is 0.859. The van der Waals surface area contributed by atoms with E-state index in [1.165, 1.54) is 0 Å². The van der Waals surface area contributed by atoms with Gasteiger partial charge in [-0.2, -0.15) is 5.10 Å². The molecule has 1 heterocycles. The van der Waals surface area contributed by atoms with Crippen LogP contribution >= 0.6 is 23.2 Å². The van der Waals surface area contributed by atoms with E-state index in [4.69, 9.17) is 23.2 Å². The highest BCUT2D eigenvalue weighted by molar-refractivity contribution is 6.32. The van der Waals surface area contributed by atoms with Gasteiger partial charge in [-0.3, -0.25) is 0 Å². The summed E-state index contributed by atoms with van der Waals surface area (Å²) in [6.45, 7) is 0. The van der Waals surface area contributed by atoms with Gasteiger partial charge in [0, 0.05) is 6.20 Å². The summed E-state index contributed by atoms with van der Waals surface area (Å²) in [6.07, 6.45) is 1.76. The van der Waals surface area contributed by atoms with Gasteiger partial charge >= 0.3 is 0 Å². The first kappa shape index (κ1) is 9.56. The molecule has 4 heteroatoms. The smallest absolute Gasteiger partial charge is 0.0962 e. The summed E-state index contributed by atoms with van der Waals surface area (Å²) in [5.74, 6) is 0.332. The minimum absolute atomic E-state index is 0.332. The average Bonchev–Trinajstić information content (AvgIpc) is 2.61. The van der Waals surface area contributed by atoms with E-state index >= 15 is 0 Å². The fraction of sp³-hybridized carbons (Fsp3) is 0.100. The quantitative estimate of drug-likeness (QED) is 0.720. The van der Waals surface area contributed by atoms with E-state index in [-0.39, 0.29) is 0 Å². The van der Waals surface area contributed by atoms with Crippen molar-refractivity contribution in [2.75, 3.05) is 0 Å². The van der Waals surface area contributed by atoms with E-state index in [9.17, 15) is 0 Å². The van der Waals surface area contributed by atoms with Crippen molar-refractivity contribution in [2.45, 2.75) is 5.88 Å². The van der Waals surface area contributed by atoms with Gasteiger partial charge in [0.15, 0.2) is 0 Å².